The van der Waals surface area contributed by atoms with E-state index in [1.54, 1.807) is 12.3 Å². The van der Waals surface area contributed by atoms with Gasteiger partial charge in [0.25, 0.3) is 5.91 Å². The van der Waals surface area contributed by atoms with Crippen LogP contribution in [-0.4, -0.2) is 44.6 Å². The van der Waals surface area contributed by atoms with Crippen LogP contribution in [0.3, 0.4) is 0 Å². The molecule has 1 aromatic heterocycles. The Bertz CT molecular complexity index is 1150. The Balaban J connectivity index is 1.59. The van der Waals surface area contributed by atoms with Gasteiger partial charge in [-0.1, -0.05) is 49.8 Å². The number of hydrogen-bond acceptors (Lipinski definition) is 8. The van der Waals surface area contributed by atoms with Gasteiger partial charge < -0.3 is 31.7 Å². The van der Waals surface area contributed by atoms with Gasteiger partial charge in [0.1, 0.15) is 11.4 Å². The quantitative estimate of drug-likeness (QED) is 0.316. The monoisotopic (exact) mass is 477 g/mol. The van der Waals surface area contributed by atoms with Crippen LogP contribution in [0.2, 0.25) is 0 Å². The van der Waals surface area contributed by atoms with E-state index >= 15 is 0 Å². The third-order valence-corrected chi connectivity index (χ3v) is 6.63. The number of hydrogen-bond donors (Lipinski definition) is 5. The summed E-state index contributed by atoms with van der Waals surface area (Å²) in [4.78, 5) is 21.7. The number of nitrogens with zero attached hydrogens (tertiary/aromatic N) is 2. The van der Waals surface area contributed by atoms with Crippen molar-refractivity contribution in [1.82, 2.24) is 4.98 Å². The lowest BCUT2D eigenvalue weighted by molar-refractivity contribution is -0.242. The molecule has 0 bridgehead atoms. The molecule has 9 nitrogen and oxygen atoms in total. The van der Waals surface area contributed by atoms with Crippen LogP contribution in [0.1, 0.15) is 49.3 Å². The zero-order chi connectivity index (χ0) is 25.0. The van der Waals surface area contributed by atoms with Crippen molar-refractivity contribution in [2.24, 2.45) is 16.5 Å². The highest BCUT2D eigenvalue weighted by Gasteiger charge is 2.51. The number of nitrogens with one attached hydrogen (secondary N) is 1. The molecule has 2 fully saturated rings. The van der Waals surface area contributed by atoms with Crippen molar-refractivity contribution in [2.45, 2.75) is 56.0 Å². The first-order chi connectivity index (χ1) is 16.8. The van der Waals surface area contributed by atoms with Crippen LogP contribution in [0.25, 0.3) is 0 Å². The summed E-state index contributed by atoms with van der Waals surface area (Å²) in [7, 11) is 0. The normalized spacial score (nSPS) is 26.3. The van der Waals surface area contributed by atoms with E-state index < -0.39 is 29.8 Å². The number of carbonyl (C=O) groups is 1. The number of nitrogens with two attached hydrogens (primary N) is 2. The van der Waals surface area contributed by atoms with Crippen LogP contribution in [0.4, 0.5) is 5.69 Å². The number of aliphatic hydroxyl groups excluding tert-OH is 1. The number of rotatable bonds is 6. The van der Waals surface area contributed by atoms with E-state index in [0.29, 0.717) is 29.8 Å². The van der Waals surface area contributed by atoms with Gasteiger partial charge in [0.15, 0.2) is 5.70 Å². The minimum Gasteiger partial charge on any atom is -0.390 e. The van der Waals surface area contributed by atoms with Crippen molar-refractivity contribution in [2.75, 3.05) is 5.32 Å². The number of anilines is 1. The van der Waals surface area contributed by atoms with Gasteiger partial charge in [0, 0.05) is 23.7 Å². The molecule has 1 aromatic carbocycles. The molecule has 35 heavy (non-hydrogen) atoms. The Morgan fingerprint density at radius 2 is 2.03 bits per heavy atom. The van der Waals surface area contributed by atoms with Gasteiger partial charge in [0.2, 0.25) is 0 Å². The highest BCUT2D eigenvalue weighted by atomic mass is 16.5. The standard InChI is InChI=1S/C26H31N5O4/c1-2-18(16-8-4-3-5-9-16)30-23(24(27)28)25(33)31-19-15-29-13-11-17(19)20-14-21(32)26(34)12-7-6-10-22(26)35-20/h2-5,8-9,11,13,15,20-22,32,34H,1,6-7,10,12,14,27-28H2,(H,31,33)/b30-18+/t20-,21-,22?,26+/m0/s1. The lowest BCUT2D eigenvalue weighted by Crippen LogP contribution is -2.58. The summed E-state index contributed by atoms with van der Waals surface area (Å²) < 4.78 is 6.23. The third kappa shape index (κ3) is 5.12. The fourth-order valence-electron chi connectivity index (χ4n) is 4.75. The average Bonchev–Trinajstić information content (AvgIpc) is 2.85. The summed E-state index contributed by atoms with van der Waals surface area (Å²) in [6.07, 6.45) is 5.74. The molecule has 0 radical (unpaired) electrons. The number of aliphatic imine (C=N–C) groups is 1. The molecule has 184 valence electrons. The minimum atomic E-state index is -1.25. The maximum absolute atomic E-state index is 13.2. The average molecular weight is 478 g/mol. The Labute approximate surface area is 204 Å². The summed E-state index contributed by atoms with van der Waals surface area (Å²) >= 11 is 0. The Morgan fingerprint density at radius 3 is 2.74 bits per heavy atom. The molecule has 2 aromatic rings. The smallest absolute Gasteiger partial charge is 0.278 e. The van der Waals surface area contributed by atoms with E-state index in [1.165, 1.54) is 12.3 Å². The van der Waals surface area contributed by atoms with Gasteiger partial charge in [-0.3, -0.25) is 9.78 Å². The zero-order valence-corrected chi connectivity index (χ0v) is 19.4. The Kier molecular flexibility index (Phi) is 7.30. The summed E-state index contributed by atoms with van der Waals surface area (Å²) in [5.74, 6) is -0.875. The van der Waals surface area contributed by atoms with E-state index in [4.69, 9.17) is 16.2 Å². The van der Waals surface area contributed by atoms with Gasteiger partial charge in [-0.25, -0.2) is 4.99 Å². The Morgan fingerprint density at radius 1 is 1.26 bits per heavy atom. The molecule has 2 aliphatic rings. The van der Waals surface area contributed by atoms with Crippen LogP contribution >= 0.6 is 0 Å². The first-order valence-corrected chi connectivity index (χ1v) is 11.7. The second-order valence-corrected chi connectivity index (χ2v) is 8.89. The highest BCUT2D eigenvalue weighted by Crippen LogP contribution is 2.45. The second kappa shape index (κ2) is 10.4. The number of aromatic nitrogens is 1. The lowest BCUT2D eigenvalue weighted by Gasteiger charge is -2.49. The first-order valence-electron chi connectivity index (χ1n) is 11.7. The lowest BCUT2D eigenvalue weighted by atomic mass is 9.74. The SMILES string of the molecule is C=C/C(=N\C(C(=O)Nc1cnccc1[C@@H]1C[C@H](O)[C@]2(O)CCCCC2O1)=C(N)N)c1ccccc1. The molecule has 7 N–H and O–H groups in total. The molecule has 1 saturated heterocycles. The van der Waals surface area contributed by atoms with Crippen LogP contribution in [0.15, 0.2) is 78.0 Å². The van der Waals surface area contributed by atoms with E-state index in [9.17, 15) is 15.0 Å². The number of fused-ring (bicyclic) bond motifs is 1. The van der Waals surface area contributed by atoms with Crippen molar-refractivity contribution >= 4 is 17.3 Å². The molecule has 1 aliphatic heterocycles. The molecule has 1 aliphatic carbocycles. The number of pyridine rings is 1. The van der Waals surface area contributed by atoms with Gasteiger partial charge >= 0.3 is 0 Å². The van der Waals surface area contributed by atoms with Gasteiger partial charge in [-0.2, -0.15) is 0 Å². The van der Waals surface area contributed by atoms with Crippen LogP contribution in [0.5, 0.6) is 0 Å². The van der Waals surface area contributed by atoms with E-state index in [0.717, 1.165) is 18.4 Å². The number of allylic oxidation sites excluding steroid dienone is 1. The molecule has 9 heteroatoms. The third-order valence-electron chi connectivity index (χ3n) is 6.63. The molecule has 1 saturated carbocycles. The van der Waals surface area contributed by atoms with Gasteiger partial charge in [0.05, 0.1) is 35.9 Å². The summed E-state index contributed by atoms with van der Waals surface area (Å²) in [6.45, 7) is 3.78. The molecule has 1 amide bonds. The number of aliphatic hydroxyl groups is 2. The molecule has 2 heterocycles. The number of ether oxygens (including phenoxy) is 1. The predicted octanol–water partition coefficient (Wildman–Crippen LogP) is 2.28. The molecule has 4 atom stereocenters. The number of amides is 1. The maximum atomic E-state index is 13.2. The van der Waals surface area contributed by atoms with E-state index in [2.05, 4.69) is 21.9 Å². The fraction of sp³-hybridized carbons (Fsp3) is 0.346. The number of benzene rings is 1. The number of carbonyl (C=O) groups excluding carboxylic acids is 1. The molecule has 0 spiro atoms. The van der Waals surface area contributed by atoms with E-state index in [-0.39, 0.29) is 17.9 Å². The van der Waals surface area contributed by atoms with Crippen LogP contribution in [-0.2, 0) is 9.53 Å². The van der Waals surface area contributed by atoms with Gasteiger partial charge in [-0.15, -0.1) is 0 Å². The van der Waals surface area contributed by atoms with Crippen molar-refractivity contribution in [3.63, 3.8) is 0 Å². The molecular weight excluding hydrogens is 446 g/mol. The fourth-order valence-corrected chi connectivity index (χ4v) is 4.75. The van der Waals surface area contributed by atoms with Crippen molar-refractivity contribution < 1.29 is 19.7 Å². The predicted molar refractivity (Wildman–Crippen MR) is 133 cm³/mol. The molecule has 1 unspecified atom stereocenters. The topological polar surface area (TPSA) is 156 Å². The van der Waals surface area contributed by atoms with Crippen molar-refractivity contribution in [3.8, 4) is 0 Å². The first kappa shape index (κ1) is 24.6. The van der Waals surface area contributed by atoms with E-state index in [1.807, 2.05) is 30.3 Å². The maximum Gasteiger partial charge on any atom is 0.278 e. The summed E-state index contributed by atoms with van der Waals surface area (Å²) in [6, 6.07) is 10.9. The molecule has 4 rings (SSSR count). The summed E-state index contributed by atoms with van der Waals surface area (Å²) in [5, 5.41) is 24.5. The molecular formula is C26H31N5O4. The van der Waals surface area contributed by atoms with Crippen molar-refractivity contribution in [1.29, 1.82) is 0 Å². The van der Waals surface area contributed by atoms with Crippen LogP contribution < -0.4 is 16.8 Å². The highest BCUT2D eigenvalue weighted by molar-refractivity contribution is 6.12. The Hall–Kier alpha value is -3.53. The second-order valence-electron chi connectivity index (χ2n) is 8.89. The van der Waals surface area contributed by atoms with Crippen LogP contribution in [0, 0.1) is 0 Å². The zero-order valence-electron chi connectivity index (χ0n) is 19.4. The summed E-state index contributed by atoms with van der Waals surface area (Å²) in [5.41, 5.74) is 12.4. The van der Waals surface area contributed by atoms with Gasteiger partial charge in [-0.05, 0) is 25.0 Å². The van der Waals surface area contributed by atoms with Crippen molar-refractivity contribution in [3.05, 3.63) is 84.1 Å². The minimum absolute atomic E-state index is 0.162. The largest absolute Gasteiger partial charge is 0.390 e.